The van der Waals surface area contributed by atoms with Crippen LogP contribution in [-0.4, -0.2) is 5.78 Å². The standard InChI is InChI=1S/C10H8INO/c11-9-5-2-1-4-8(9)10(13)6-3-7-12/h1-2,4-5H,3,6H2. The van der Waals surface area contributed by atoms with Gasteiger partial charge in [-0.05, 0) is 28.7 Å². The predicted molar refractivity (Wildman–Crippen MR) is 58.3 cm³/mol. The van der Waals surface area contributed by atoms with Crippen LogP contribution in [0, 0.1) is 14.9 Å². The van der Waals surface area contributed by atoms with Crippen molar-refractivity contribution in [3.05, 3.63) is 33.4 Å². The highest BCUT2D eigenvalue weighted by molar-refractivity contribution is 14.1. The summed E-state index contributed by atoms with van der Waals surface area (Å²) in [6, 6.07) is 9.37. The molecule has 0 heterocycles. The lowest BCUT2D eigenvalue weighted by molar-refractivity contribution is 0.0983. The first-order chi connectivity index (χ1) is 6.25. The highest BCUT2D eigenvalue weighted by Crippen LogP contribution is 2.13. The zero-order chi connectivity index (χ0) is 9.68. The molecule has 0 unspecified atom stereocenters. The molecule has 0 saturated carbocycles. The van der Waals surface area contributed by atoms with Crippen LogP contribution >= 0.6 is 22.6 Å². The molecule has 66 valence electrons. The van der Waals surface area contributed by atoms with E-state index in [1.54, 1.807) is 6.07 Å². The first kappa shape index (κ1) is 10.2. The fraction of sp³-hybridized carbons (Fsp3) is 0.200. The minimum absolute atomic E-state index is 0.0477. The third-order valence-corrected chi connectivity index (χ3v) is 2.58. The van der Waals surface area contributed by atoms with Gasteiger partial charge in [-0.25, -0.2) is 0 Å². The van der Waals surface area contributed by atoms with E-state index < -0.39 is 0 Å². The molecule has 1 aromatic carbocycles. The maximum atomic E-state index is 11.5. The molecule has 3 heteroatoms. The normalized spacial score (nSPS) is 9.23. The van der Waals surface area contributed by atoms with Crippen molar-refractivity contribution >= 4 is 28.4 Å². The van der Waals surface area contributed by atoms with E-state index in [0.717, 1.165) is 9.13 Å². The number of Topliss-reactive ketones (excluding diaryl/α,β-unsaturated/α-hetero) is 1. The summed E-state index contributed by atoms with van der Waals surface area (Å²) >= 11 is 2.12. The van der Waals surface area contributed by atoms with E-state index in [2.05, 4.69) is 22.6 Å². The number of rotatable bonds is 3. The summed E-state index contributed by atoms with van der Waals surface area (Å²) < 4.78 is 0.947. The Bertz CT molecular complexity index is 354. The number of benzene rings is 1. The largest absolute Gasteiger partial charge is 0.294 e. The van der Waals surface area contributed by atoms with Gasteiger partial charge in [0.2, 0.25) is 0 Å². The fourth-order valence-corrected chi connectivity index (χ4v) is 1.68. The molecule has 0 aliphatic heterocycles. The minimum atomic E-state index is 0.0477. The average molecular weight is 285 g/mol. The van der Waals surface area contributed by atoms with Gasteiger partial charge in [-0.15, -0.1) is 0 Å². The first-order valence-corrected chi connectivity index (χ1v) is 4.98. The number of halogens is 1. The maximum absolute atomic E-state index is 11.5. The molecular formula is C10H8INO. The smallest absolute Gasteiger partial charge is 0.164 e. The van der Waals surface area contributed by atoms with E-state index in [1.165, 1.54) is 0 Å². The van der Waals surface area contributed by atoms with Crippen LogP contribution in [0.25, 0.3) is 0 Å². The van der Waals surface area contributed by atoms with Gasteiger partial charge in [0, 0.05) is 22.0 Å². The van der Waals surface area contributed by atoms with E-state index in [1.807, 2.05) is 24.3 Å². The van der Waals surface area contributed by atoms with Crippen molar-refractivity contribution in [1.82, 2.24) is 0 Å². The summed E-state index contributed by atoms with van der Waals surface area (Å²) in [5.74, 6) is 0.0477. The van der Waals surface area contributed by atoms with Crippen molar-refractivity contribution in [3.63, 3.8) is 0 Å². The van der Waals surface area contributed by atoms with E-state index in [-0.39, 0.29) is 5.78 Å². The van der Waals surface area contributed by atoms with Gasteiger partial charge in [-0.3, -0.25) is 4.79 Å². The Kier molecular flexibility index (Phi) is 3.90. The molecule has 0 saturated heterocycles. The molecule has 1 aromatic rings. The monoisotopic (exact) mass is 285 g/mol. The van der Waals surface area contributed by atoms with Crippen molar-refractivity contribution in [1.29, 1.82) is 5.26 Å². The number of carbonyl (C=O) groups excluding carboxylic acids is 1. The molecule has 1 rings (SSSR count). The molecule has 0 fully saturated rings. The number of carbonyl (C=O) groups is 1. The quantitative estimate of drug-likeness (QED) is 0.633. The van der Waals surface area contributed by atoms with Gasteiger partial charge in [0.05, 0.1) is 6.07 Å². The van der Waals surface area contributed by atoms with E-state index in [9.17, 15) is 4.79 Å². The molecule has 0 bridgehead atoms. The van der Waals surface area contributed by atoms with Gasteiger partial charge in [-0.2, -0.15) is 5.26 Å². The molecule has 0 N–H and O–H groups in total. The Morgan fingerprint density at radius 3 is 2.77 bits per heavy atom. The van der Waals surface area contributed by atoms with Crippen LogP contribution in [0.4, 0.5) is 0 Å². The van der Waals surface area contributed by atoms with Crippen LogP contribution in [-0.2, 0) is 0 Å². The van der Waals surface area contributed by atoms with Crippen LogP contribution in [0.15, 0.2) is 24.3 Å². The Labute approximate surface area is 90.7 Å². The molecule has 0 spiro atoms. The number of hydrogen-bond donors (Lipinski definition) is 0. The first-order valence-electron chi connectivity index (χ1n) is 3.90. The second-order valence-corrected chi connectivity index (χ2v) is 3.72. The van der Waals surface area contributed by atoms with Crippen LogP contribution in [0.3, 0.4) is 0 Å². The fourth-order valence-electron chi connectivity index (χ4n) is 0.991. The third-order valence-electron chi connectivity index (χ3n) is 1.64. The van der Waals surface area contributed by atoms with Gasteiger partial charge in [-0.1, -0.05) is 18.2 Å². The van der Waals surface area contributed by atoms with Gasteiger partial charge < -0.3 is 0 Å². The molecule has 0 atom stereocenters. The molecule has 0 aromatic heterocycles. The second kappa shape index (κ2) is 4.97. The zero-order valence-corrected chi connectivity index (χ0v) is 9.11. The topological polar surface area (TPSA) is 40.9 Å². The van der Waals surface area contributed by atoms with Gasteiger partial charge in [0.1, 0.15) is 0 Å². The Morgan fingerprint density at radius 1 is 1.46 bits per heavy atom. The summed E-state index contributed by atoms with van der Waals surface area (Å²) in [5.41, 5.74) is 0.721. The summed E-state index contributed by atoms with van der Waals surface area (Å²) in [6.45, 7) is 0. The lowest BCUT2D eigenvalue weighted by Gasteiger charge is -2.00. The van der Waals surface area contributed by atoms with Crippen LogP contribution in [0.1, 0.15) is 23.2 Å². The number of nitrogens with zero attached hydrogens (tertiary/aromatic N) is 1. The van der Waals surface area contributed by atoms with Gasteiger partial charge in [0.15, 0.2) is 5.78 Å². The molecule has 13 heavy (non-hydrogen) atoms. The van der Waals surface area contributed by atoms with Crippen LogP contribution in [0.5, 0.6) is 0 Å². The van der Waals surface area contributed by atoms with Crippen molar-refractivity contribution in [3.8, 4) is 6.07 Å². The average Bonchev–Trinajstić information content (AvgIpc) is 2.15. The van der Waals surface area contributed by atoms with E-state index >= 15 is 0 Å². The van der Waals surface area contributed by atoms with Crippen molar-refractivity contribution < 1.29 is 4.79 Å². The minimum Gasteiger partial charge on any atom is -0.294 e. The lowest BCUT2D eigenvalue weighted by Crippen LogP contribution is -2.00. The van der Waals surface area contributed by atoms with Crippen LogP contribution < -0.4 is 0 Å². The zero-order valence-electron chi connectivity index (χ0n) is 6.96. The van der Waals surface area contributed by atoms with Crippen molar-refractivity contribution in [2.45, 2.75) is 12.8 Å². The molecule has 0 aliphatic carbocycles. The van der Waals surface area contributed by atoms with Crippen LogP contribution in [0.2, 0.25) is 0 Å². The van der Waals surface area contributed by atoms with Crippen molar-refractivity contribution in [2.75, 3.05) is 0 Å². The maximum Gasteiger partial charge on any atom is 0.164 e. The lowest BCUT2D eigenvalue weighted by atomic mass is 10.1. The SMILES string of the molecule is N#CCCC(=O)c1ccccc1I. The highest BCUT2D eigenvalue weighted by Gasteiger charge is 2.07. The van der Waals surface area contributed by atoms with Crippen molar-refractivity contribution in [2.24, 2.45) is 0 Å². The predicted octanol–water partition coefficient (Wildman–Crippen LogP) is 2.78. The Hall–Kier alpha value is -0.890. The molecule has 0 aliphatic rings. The summed E-state index contributed by atoms with van der Waals surface area (Å²) in [7, 11) is 0. The summed E-state index contributed by atoms with van der Waals surface area (Å²) in [6.07, 6.45) is 0.611. The Balaban J connectivity index is 2.78. The summed E-state index contributed by atoms with van der Waals surface area (Å²) in [5, 5.41) is 8.33. The molecule has 0 amide bonds. The van der Waals surface area contributed by atoms with E-state index in [4.69, 9.17) is 5.26 Å². The Morgan fingerprint density at radius 2 is 2.15 bits per heavy atom. The number of hydrogen-bond acceptors (Lipinski definition) is 2. The molecule has 2 nitrogen and oxygen atoms in total. The summed E-state index contributed by atoms with van der Waals surface area (Å²) in [4.78, 5) is 11.5. The van der Waals surface area contributed by atoms with E-state index in [0.29, 0.717) is 12.8 Å². The van der Waals surface area contributed by atoms with Gasteiger partial charge in [0.25, 0.3) is 0 Å². The molecular weight excluding hydrogens is 277 g/mol. The van der Waals surface area contributed by atoms with Gasteiger partial charge >= 0.3 is 0 Å². The molecule has 0 radical (unpaired) electrons. The number of nitriles is 1. The third kappa shape index (κ3) is 2.81. The highest BCUT2D eigenvalue weighted by atomic mass is 127. The number of ketones is 1. The second-order valence-electron chi connectivity index (χ2n) is 2.56.